The zero-order valence-corrected chi connectivity index (χ0v) is 12.4. The molecule has 2 atom stereocenters. The van der Waals surface area contributed by atoms with E-state index in [1.54, 1.807) is 0 Å². The zero-order chi connectivity index (χ0) is 14.2. The van der Waals surface area contributed by atoms with E-state index in [2.05, 4.69) is 17.6 Å². The van der Waals surface area contributed by atoms with Crippen LogP contribution in [0.5, 0.6) is 0 Å². The number of hydrogen-bond acceptors (Lipinski definition) is 2. The highest BCUT2D eigenvalue weighted by atomic mass is 16.1. The maximum atomic E-state index is 11.8. The predicted octanol–water partition coefficient (Wildman–Crippen LogP) is 2.86. The van der Waals surface area contributed by atoms with E-state index in [9.17, 15) is 4.79 Å². The SMILES string of the molecule is CCC1CCCC(NCC(=O)NCc2ccccc2)C1. The van der Waals surface area contributed by atoms with Crippen LogP contribution in [0.25, 0.3) is 0 Å². The Bertz CT molecular complexity index is 405. The molecule has 0 saturated heterocycles. The predicted molar refractivity (Wildman–Crippen MR) is 82.3 cm³/mol. The van der Waals surface area contributed by atoms with Crippen LogP contribution in [-0.4, -0.2) is 18.5 Å². The summed E-state index contributed by atoms with van der Waals surface area (Å²) in [5, 5.41) is 6.37. The van der Waals surface area contributed by atoms with Gasteiger partial charge < -0.3 is 10.6 Å². The third-order valence-electron chi connectivity index (χ3n) is 4.24. The summed E-state index contributed by atoms with van der Waals surface area (Å²) in [6, 6.07) is 10.6. The molecule has 0 spiro atoms. The first-order chi connectivity index (χ1) is 9.78. The second-order valence-electron chi connectivity index (χ2n) is 5.78. The van der Waals surface area contributed by atoms with Gasteiger partial charge in [0, 0.05) is 12.6 Å². The van der Waals surface area contributed by atoms with Crippen LogP contribution in [0.2, 0.25) is 0 Å². The molecule has 20 heavy (non-hydrogen) atoms. The molecule has 1 saturated carbocycles. The van der Waals surface area contributed by atoms with E-state index in [4.69, 9.17) is 0 Å². The molecule has 1 aromatic carbocycles. The Morgan fingerprint density at radius 1 is 1.25 bits per heavy atom. The Labute approximate surface area is 122 Å². The Balaban J connectivity index is 1.65. The third kappa shape index (κ3) is 4.97. The van der Waals surface area contributed by atoms with Crippen LogP contribution < -0.4 is 10.6 Å². The van der Waals surface area contributed by atoms with Crippen molar-refractivity contribution >= 4 is 5.91 Å². The Hall–Kier alpha value is -1.35. The van der Waals surface area contributed by atoms with Crippen LogP contribution in [0.15, 0.2) is 30.3 Å². The highest BCUT2D eigenvalue weighted by Gasteiger charge is 2.20. The van der Waals surface area contributed by atoms with Crippen molar-refractivity contribution in [1.29, 1.82) is 0 Å². The quantitative estimate of drug-likeness (QED) is 0.837. The van der Waals surface area contributed by atoms with Crippen molar-refractivity contribution < 1.29 is 4.79 Å². The molecule has 0 heterocycles. The first-order valence-corrected chi connectivity index (χ1v) is 7.82. The molecule has 1 aliphatic rings. The number of carbonyl (C=O) groups excluding carboxylic acids is 1. The lowest BCUT2D eigenvalue weighted by molar-refractivity contribution is -0.120. The molecule has 2 unspecified atom stereocenters. The molecule has 1 aliphatic carbocycles. The lowest BCUT2D eigenvalue weighted by atomic mass is 9.84. The second kappa shape index (κ2) is 8.05. The smallest absolute Gasteiger partial charge is 0.234 e. The van der Waals surface area contributed by atoms with Crippen LogP contribution in [0.1, 0.15) is 44.6 Å². The Morgan fingerprint density at radius 2 is 2.05 bits per heavy atom. The first-order valence-electron chi connectivity index (χ1n) is 7.82. The van der Waals surface area contributed by atoms with Crippen molar-refractivity contribution in [1.82, 2.24) is 10.6 Å². The van der Waals surface area contributed by atoms with Gasteiger partial charge in [0.25, 0.3) is 0 Å². The molecule has 1 aromatic rings. The van der Waals surface area contributed by atoms with E-state index in [-0.39, 0.29) is 5.91 Å². The molecule has 0 bridgehead atoms. The molecule has 110 valence electrons. The molecular formula is C17H26N2O. The average Bonchev–Trinajstić information content (AvgIpc) is 2.52. The van der Waals surface area contributed by atoms with E-state index in [0.717, 1.165) is 11.5 Å². The van der Waals surface area contributed by atoms with Crippen molar-refractivity contribution in [3.05, 3.63) is 35.9 Å². The van der Waals surface area contributed by atoms with Crippen LogP contribution in [-0.2, 0) is 11.3 Å². The van der Waals surface area contributed by atoms with Crippen LogP contribution in [0, 0.1) is 5.92 Å². The summed E-state index contributed by atoms with van der Waals surface area (Å²) in [5.41, 5.74) is 1.14. The molecule has 2 N–H and O–H groups in total. The highest BCUT2D eigenvalue weighted by molar-refractivity contribution is 5.78. The number of rotatable bonds is 6. The molecular weight excluding hydrogens is 248 g/mol. The number of carbonyl (C=O) groups is 1. The van der Waals surface area contributed by atoms with Crippen LogP contribution >= 0.6 is 0 Å². The standard InChI is InChI=1S/C17H26N2O/c1-2-14-9-6-10-16(11-14)18-13-17(20)19-12-15-7-4-3-5-8-15/h3-5,7-8,14,16,18H,2,6,9-13H2,1H3,(H,19,20). The summed E-state index contributed by atoms with van der Waals surface area (Å²) in [5.74, 6) is 0.932. The minimum atomic E-state index is 0.0903. The summed E-state index contributed by atoms with van der Waals surface area (Å²) in [6.07, 6.45) is 6.35. The lowest BCUT2D eigenvalue weighted by Gasteiger charge is -2.29. The maximum Gasteiger partial charge on any atom is 0.234 e. The minimum Gasteiger partial charge on any atom is -0.351 e. The topological polar surface area (TPSA) is 41.1 Å². The van der Waals surface area contributed by atoms with Crippen molar-refractivity contribution in [2.45, 2.75) is 51.6 Å². The van der Waals surface area contributed by atoms with Gasteiger partial charge in [-0.3, -0.25) is 4.79 Å². The molecule has 0 aromatic heterocycles. The largest absolute Gasteiger partial charge is 0.351 e. The van der Waals surface area contributed by atoms with Crippen LogP contribution in [0.4, 0.5) is 0 Å². The van der Waals surface area contributed by atoms with Gasteiger partial charge in [0.2, 0.25) is 5.91 Å². The summed E-state index contributed by atoms with van der Waals surface area (Å²) in [6.45, 7) is 3.32. The Morgan fingerprint density at radius 3 is 2.80 bits per heavy atom. The summed E-state index contributed by atoms with van der Waals surface area (Å²) < 4.78 is 0. The number of benzene rings is 1. The molecule has 3 heteroatoms. The van der Waals surface area contributed by atoms with Gasteiger partial charge in [0.1, 0.15) is 0 Å². The van der Waals surface area contributed by atoms with Crippen LogP contribution in [0.3, 0.4) is 0 Å². The number of amides is 1. The summed E-state index contributed by atoms with van der Waals surface area (Å²) in [7, 11) is 0. The van der Waals surface area contributed by atoms with E-state index < -0.39 is 0 Å². The van der Waals surface area contributed by atoms with Gasteiger partial charge in [-0.05, 0) is 24.3 Å². The summed E-state index contributed by atoms with van der Waals surface area (Å²) >= 11 is 0. The third-order valence-corrected chi connectivity index (χ3v) is 4.24. The van der Waals surface area contributed by atoms with E-state index in [1.807, 2.05) is 30.3 Å². The van der Waals surface area contributed by atoms with Crippen molar-refractivity contribution in [3.63, 3.8) is 0 Å². The van der Waals surface area contributed by atoms with E-state index in [1.165, 1.54) is 32.1 Å². The van der Waals surface area contributed by atoms with Gasteiger partial charge >= 0.3 is 0 Å². The van der Waals surface area contributed by atoms with Crippen molar-refractivity contribution in [2.24, 2.45) is 5.92 Å². The van der Waals surface area contributed by atoms with Gasteiger partial charge in [-0.25, -0.2) is 0 Å². The van der Waals surface area contributed by atoms with Crippen molar-refractivity contribution in [3.8, 4) is 0 Å². The van der Waals surface area contributed by atoms with Gasteiger partial charge in [-0.2, -0.15) is 0 Å². The lowest BCUT2D eigenvalue weighted by Crippen LogP contribution is -2.41. The monoisotopic (exact) mass is 274 g/mol. The molecule has 0 aliphatic heterocycles. The van der Waals surface area contributed by atoms with E-state index >= 15 is 0 Å². The maximum absolute atomic E-state index is 11.8. The van der Waals surface area contributed by atoms with Gasteiger partial charge in [0.05, 0.1) is 6.54 Å². The van der Waals surface area contributed by atoms with E-state index in [0.29, 0.717) is 19.1 Å². The van der Waals surface area contributed by atoms with Crippen molar-refractivity contribution in [2.75, 3.05) is 6.54 Å². The second-order valence-corrected chi connectivity index (χ2v) is 5.78. The molecule has 1 amide bonds. The fraction of sp³-hybridized carbons (Fsp3) is 0.588. The minimum absolute atomic E-state index is 0.0903. The molecule has 1 fully saturated rings. The number of hydrogen-bond donors (Lipinski definition) is 2. The Kier molecular flexibility index (Phi) is 6.06. The first kappa shape index (κ1) is 15.0. The fourth-order valence-electron chi connectivity index (χ4n) is 2.94. The normalized spacial score (nSPS) is 22.4. The van der Waals surface area contributed by atoms with Gasteiger partial charge in [0.15, 0.2) is 0 Å². The van der Waals surface area contributed by atoms with Gasteiger partial charge in [-0.1, -0.05) is 56.5 Å². The molecule has 0 radical (unpaired) electrons. The van der Waals surface area contributed by atoms with Gasteiger partial charge in [-0.15, -0.1) is 0 Å². The molecule has 3 nitrogen and oxygen atoms in total. The highest BCUT2D eigenvalue weighted by Crippen LogP contribution is 2.26. The average molecular weight is 274 g/mol. The molecule has 2 rings (SSSR count). The fourth-order valence-corrected chi connectivity index (χ4v) is 2.94. The summed E-state index contributed by atoms with van der Waals surface area (Å²) in [4.78, 5) is 11.8. The number of nitrogens with one attached hydrogen (secondary N) is 2. The zero-order valence-electron chi connectivity index (χ0n) is 12.4.